The van der Waals surface area contributed by atoms with E-state index in [0.29, 0.717) is 5.92 Å². The maximum absolute atomic E-state index is 6.05. The molecule has 2 aromatic rings. The number of hydrogen-bond acceptors (Lipinski definition) is 4. The van der Waals surface area contributed by atoms with Gasteiger partial charge in [0.1, 0.15) is 11.5 Å². The van der Waals surface area contributed by atoms with Crippen LogP contribution >= 0.6 is 0 Å². The van der Waals surface area contributed by atoms with E-state index in [9.17, 15) is 0 Å². The van der Waals surface area contributed by atoms with Gasteiger partial charge in [-0.3, -0.25) is 4.68 Å². The van der Waals surface area contributed by atoms with Gasteiger partial charge in [0.05, 0.1) is 17.8 Å². The largest absolute Gasteiger partial charge is 0.465 e. The predicted molar refractivity (Wildman–Crippen MR) is 89.3 cm³/mol. The van der Waals surface area contributed by atoms with Crippen molar-refractivity contribution < 1.29 is 9.15 Å². The number of aryl methyl sites for hydroxylation is 3. The average molecular weight is 317 g/mol. The van der Waals surface area contributed by atoms with Gasteiger partial charge in [-0.05, 0) is 46.2 Å². The Morgan fingerprint density at radius 3 is 2.74 bits per heavy atom. The summed E-state index contributed by atoms with van der Waals surface area (Å²) in [4.78, 5) is 0. The molecule has 23 heavy (non-hydrogen) atoms. The minimum absolute atomic E-state index is 0.140. The molecule has 2 aromatic heterocycles. The minimum Gasteiger partial charge on any atom is -0.465 e. The number of nitrogens with zero attached hydrogens (tertiary/aromatic N) is 2. The van der Waals surface area contributed by atoms with Crippen LogP contribution in [0.25, 0.3) is 0 Å². The van der Waals surface area contributed by atoms with Gasteiger partial charge in [-0.2, -0.15) is 5.10 Å². The summed E-state index contributed by atoms with van der Waals surface area (Å²) in [6.07, 6.45) is 1.22. The molecule has 1 unspecified atom stereocenters. The summed E-state index contributed by atoms with van der Waals surface area (Å²) in [5.74, 6) is 2.42. The van der Waals surface area contributed by atoms with Gasteiger partial charge in [-0.25, -0.2) is 0 Å². The summed E-state index contributed by atoms with van der Waals surface area (Å²) in [5.41, 5.74) is 3.55. The van der Waals surface area contributed by atoms with E-state index in [0.717, 1.165) is 36.8 Å². The van der Waals surface area contributed by atoms with E-state index in [2.05, 4.69) is 31.2 Å². The predicted octanol–water partition coefficient (Wildman–Crippen LogP) is 3.37. The van der Waals surface area contributed by atoms with Gasteiger partial charge < -0.3 is 14.5 Å². The van der Waals surface area contributed by atoms with Crippen molar-refractivity contribution in [2.75, 3.05) is 13.2 Å². The van der Waals surface area contributed by atoms with E-state index in [-0.39, 0.29) is 12.1 Å². The average Bonchev–Trinajstić information content (AvgIpc) is 3.18. The number of nitrogens with one attached hydrogen (secondary N) is 1. The molecule has 1 saturated heterocycles. The normalized spacial score (nSPS) is 22.7. The lowest BCUT2D eigenvalue weighted by molar-refractivity contribution is 0.0886. The third-order valence-electron chi connectivity index (χ3n) is 4.94. The van der Waals surface area contributed by atoms with Crippen LogP contribution < -0.4 is 5.32 Å². The molecule has 1 aliphatic heterocycles. The van der Waals surface area contributed by atoms with Gasteiger partial charge in [-0.15, -0.1) is 0 Å². The zero-order valence-electron chi connectivity index (χ0n) is 14.7. The van der Waals surface area contributed by atoms with Crippen LogP contribution in [0.4, 0.5) is 0 Å². The first-order valence-electron chi connectivity index (χ1n) is 8.38. The monoisotopic (exact) mass is 317 g/mol. The molecule has 5 heteroatoms. The highest BCUT2D eigenvalue weighted by Gasteiger charge is 2.33. The van der Waals surface area contributed by atoms with Crippen molar-refractivity contribution in [3.05, 3.63) is 40.6 Å². The van der Waals surface area contributed by atoms with Crippen LogP contribution in [0.2, 0.25) is 0 Å². The quantitative estimate of drug-likeness (QED) is 0.918. The Hall–Kier alpha value is -1.59. The summed E-state index contributed by atoms with van der Waals surface area (Å²) in [6, 6.07) is 4.27. The Morgan fingerprint density at radius 1 is 1.35 bits per heavy atom. The van der Waals surface area contributed by atoms with Gasteiger partial charge in [-0.1, -0.05) is 0 Å². The second-order valence-corrected chi connectivity index (χ2v) is 6.63. The Morgan fingerprint density at radius 2 is 2.13 bits per heavy atom. The van der Waals surface area contributed by atoms with Crippen LogP contribution in [-0.4, -0.2) is 22.9 Å². The Labute approximate surface area is 138 Å². The summed E-state index contributed by atoms with van der Waals surface area (Å²) in [6.45, 7) is 10.0. The maximum Gasteiger partial charge on any atom is 0.120 e. The molecule has 0 amide bonds. The van der Waals surface area contributed by atoms with Crippen molar-refractivity contribution >= 4 is 0 Å². The van der Waals surface area contributed by atoms with Crippen molar-refractivity contribution in [3.63, 3.8) is 0 Å². The van der Waals surface area contributed by atoms with Crippen molar-refractivity contribution in [1.82, 2.24) is 15.1 Å². The molecule has 0 aliphatic carbocycles. The molecule has 3 heterocycles. The lowest BCUT2D eigenvalue weighted by Crippen LogP contribution is -2.27. The van der Waals surface area contributed by atoms with Crippen LogP contribution in [0, 0.1) is 26.7 Å². The zero-order valence-corrected chi connectivity index (χ0v) is 14.7. The summed E-state index contributed by atoms with van der Waals surface area (Å²) >= 11 is 0. The maximum atomic E-state index is 6.05. The molecule has 0 bridgehead atoms. The molecule has 1 fully saturated rings. The molecule has 3 rings (SSSR count). The van der Waals surface area contributed by atoms with Crippen LogP contribution in [0.1, 0.15) is 54.0 Å². The van der Waals surface area contributed by atoms with Gasteiger partial charge in [0.2, 0.25) is 0 Å². The Balaban J connectivity index is 1.67. The van der Waals surface area contributed by atoms with E-state index >= 15 is 0 Å². The molecule has 126 valence electrons. The molecule has 0 saturated carbocycles. The zero-order chi connectivity index (χ0) is 16.6. The second kappa shape index (κ2) is 6.49. The summed E-state index contributed by atoms with van der Waals surface area (Å²) in [5, 5.41) is 8.14. The van der Waals surface area contributed by atoms with Crippen LogP contribution in [0.3, 0.4) is 0 Å². The molecule has 3 atom stereocenters. The Kier molecular flexibility index (Phi) is 4.60. The molecule has 0 radical (unpaired) electrons. The van der Waals surface area contributed by atoms with Crippen LogP contribution in [0.5, 0.6) is 0 Å². The standard InChI is InChI=1S/C18H27N3O2/c1-11-6-7-16(23-11)12(2)19-10-15-8-9-22-18(15)17-13(3)20-21(5)14(17)4/h6-7,12,15,18-19H,8-10H2,1-5H3/t12?,15-,18+/m1/s1. The summed E-state index contributed by atoms with van der Waals surface area (Å²) < 4.78 is 13.7. The minimum atomic E-state index is 0.140. The highest BCUT2D eigenvalue weighted by atomic mass is 16.5. The second-order valence-electron chi connectivity index (χ2n) is 6.63. The molecule has 5 nitrogen and oxygen atoms in total. The SMILES string of the molecule is Cc1ccc(C(C)NC[C@H]2CCO[C@@H]2c2c(C)nn(C)c2C)o1. The van der Waals surface area contributed by atoms with Gasteiger partial charge in [0.25, 0.3) is 0 Å². The third kappa shape index (κ3) is 3.21. The number of rotatable bonds is 5. The van der Waals surface area contributed by atoms with E-state index in [1.807, 2.05) is 30.8 Å². The molecular formula is C18H27N3O2. The molecular weight excluding hydrogens is 290 g/mol. The lowest BCUT2D eigenvalue weighted by Gasteiger charge is -2.21. The van der Waals surface area contributed by atoms with Crippen molar-refractivity contribution in [2.24, 2.45) is 13.0 Å². The first-order chi connectivity index (χ1) is 11.0. The van der Waals surface area contributed by atoms with E-state index in [1.165, 1.54) is 11.3 Å². The molecule has 0 spiro atoms. The molecule has 1 aliphatic rings. The van der Waals surface area contributed by atoms with E-state index < -0.39 is 0 Å². The Bertz CT molecular complexity index is 674. The first-order valence-corrected chi connectivity index (χ1v) is 8.38. The molecule has 0 aromatic carbocycles. The van der Waals surface area contributed by atoms with Crippen molar-refractivity contribution in [2.45, 2.75) is 46.3 Å². The summed E-state index contributed by atoms with van der Waals surface area (Å²) in [7, 11) is 2.00. The fraction of sp³-hybridized carbons (Fsp3) is 0.611. The topological polar surface area (TPSA) is 52.2 Å². The van der Waals surface area contributed by atoms with Gasteiger partial charge >= 0.3 is 0 Å². The van der Waals surface area contributed by atoms with Gasteiger partial charge in [0, 0.05) is 37.4 Å². The van der Waals surface area contributed by atoms with Crippen LogP contribution in [-0.2, 0) is 11.8 Å². The van der Waals surface area contributed by atoms with Gasteiger partial charge in [0.15, 0.2) is 0 Å². The van der Waals surface area contributed by atoms with Crippen LogP contribution in [0.15, 0.2) is 16.5 Å². The van der Waals surface area contributed by atoms with E-state index in [4.69, 9.17) is 9.15 Å². The first kappa shape index (κ1) is 16.3. The number of ether oxygens (including phenoxy) is 1. The third-order valence-corrected chi connectivity index (χ3v) is 4.94. The number of aromatic nitrogens is 2. The van der Waals surface area contributed by atoms with Crippen molar-refractivity contribution in [3.8, 4) is 0 Å². The fourth-order valence-electron chi connectivity index (χ4n) is 3.48. The number of hydrogen-bond donors (Lipinski definition) is 1. The van der Waals surface area contributed by atoms with Crippen molar-refractivity contribution in [1.29, 1.82) is 0 Å². The molecule has 1 N–H and O–H groups in total. The highest BCUT2D eigenvalue weighted by Crippen LogP contribution is 2.37. The lowest BCUT2D eigenvalue weighted by atomic mass is 9.93. The van der Waals surface area contributed by atoms with E-state index in [1.54, 1.807) is 0 Å². The smallest absolute Gasteiger partial charge is 0.120 e. The number of furan rings is 1. The highest BCUT2D eigenvalue weighted by molar-refractivity contribution is 5.28. The fourth-order valence-corrected chi connectivity index (χ4v) is 3.48.